The van der Waals surface area contributed by atoms with Crippen LogP contribution in [0, 0.1) is 11.8 Å². The Morgan fingerprint density at radius 1 is 0.905 bits per heavy atom. The summed E-state index contributed by atoms with van der Waals surface area (Å²) in [4.78, 5) is 11.6. The number of rotatable bonds is 6. The van der Waals surface area contributed by atoms with Crippen LogP contribution in [-0.2, 0) is 22.6 Å². The van der Waals surface area contributed by atoms with Crippen molar-refractivity contribution < 1.29 is 9.53 Å². The van der Waals surface area contributed by atoms with Gasteiger partial charge in [-0.3, -0.25) is 4.79 Å². The lowest BCUT2D eigenvalue weighted by Crippen LogP contribution is -1.98. The zero-order valence-electron chi connectivity index (χ0n) is 11.9. The normalized spacial score (nSPS) is 9.71. The van der Waals surface area contributed by atoms with E-state index in [4.69, 9.17) is 4.74 Å². The topological polar surface area (TPSA) is 26.3 Å². The van der Waals surface area contributed by atoms with Gasteiger partial charge >= 0.3 is 0 Å². The molecular weight excluding hydrogens is 260 g/mol. The Morgan fingerprint density at radius 2 is 1.52 bits per heavy atom. The Morgan fingerprint density at radius 3 is 2.19 bits per heavy atom. The minimum absolute atomic E-state index is 0.0397. The first kappa shape index (κ1) is 15.0. The van der Waals surface area contributed by atoms with E-state index in [1.165, 1.54) is 0 Å². The second-order valence-corrected chi connectivity index (χ2v) is 4.69. The van der Waals surface area contributed by atoms with E-state index < -0.39 is 0 Å². The fourth-order valence-corrected chi connectivity index (χ4v) is 1.89. The minimum atomic E-state index is -0.0397. The van der Waals surface area contributed by atoms with Crippen LogP contribution in [0.25, 0.3) is 0 Å². The van der Waals surface area contributed by atoms with Crippen molar-refractivity contribution in [2.24, 2.45) is 0 Å². The van der Waals surface area contributed by atoms with Crippen LogP contribution in [0.3, 0.4) is 0 Å². The monoisotopic (exact) mass is 278 g/mol. The molecule has 0 unspecified atom stereocenters. The van der Waals surface area contributed by atoms with Crippen LogP contribution in [0.1, 0.15) is 17.5 Å². The van der Waals surface area contributed by atoms with Crippen LogP contribution in [0.5, 0.6) is 0 Å². The van der Waals surface area contributed by atoms with E-state index in [0.717, 1.165) is 17.5 Å². The van der Waals surface area contributed by atoms with Crippen molar-refractivity contribution in [2.45, 2.75) is 19.4 Å². The maximum Gasteiger partial charge on any atom is 0.205 e. The summed E-state index contributed by atoms with van der Waals surface area (Å²) in [5.41, 5.74) is 2.27. The van der Waals surface area contributed by atoms with Gasteiger partial charge < -0.3 is 4.74 Å². The predicted molar refractivity (Wildman–Crippen MR) is 83.6 cm³/mol. The molecule has 0 saturated carbocycles. The van der Waals surface area contributed by atoms with E-state index >= 15 is 0 Å². The predicted octanol–water partition coefficient (Wildman–Crippen LogP) is 3.41. The van der Waals surface area contributed by atoms with E-state index in [1.807, 2.05) is 60.7 Å². The lowest BCUT2D eigenvalue weighted by molar-refractivity contribution is -0.113. The molecule has 0 aliphatic heterocycles. The summed E-state index contributed by atoms with van der Waals surface area (Å²) >= 11 is 0. The first-order valence-corrected chi connectivity index (χ1v) is 7.02. The standard InChI is InChI=1S/C19H18O2/c20-19(14-13-17-8-3-1-4-9-17)12-7-15-21-16-18-10-5-2-6-11-18/h1-6,8-11H,13-16H2. The molecule has 0 saturated heterocycles. The summed E-state index contributed by atoms with van der Waals surface area (Å²) in [6.45, 7) is 0.805. The molecule has 0 amide bonds. The van der Waals surface area contributed by atoms with Crippen LogP contribution >= 0.6 is 0 Å². The summed E-state index contributed by atoms with van der Waals surface area (Å²) in [5, 5.41) is 0. The first-order chi connectivity index (χ1) is 10.3. The van der Waals surface area contributed by atoms with E-state index in [9.17, 15) is 4.79 Å². The number of aryl methyl sites for hydroxylation is 1. The van der Waals surface area contributed by atoms with Gasteiger partial charge in [0, 0.05) is 6.42 Å². The Bertz CT molecular complexity index is 606. The molecule has 106 valence electrons. The molecule has 0 aliphatic carbocycles. The number of ketones is 1. The molecule has 2 aromatic carbocycles. The van der Waals surface area contributed by atoms with E-state index in [1.54, 1.807) is 0 Å². The molecule has 0 radical (unpaired) electrons. The van der Waals surface area contributed by atoms with Gasteiger partial charge in [0.05, 0.1) is 6.61 Å². The molecule has 2 rings (SSSR count). The largest absolute Gasteiger partial charge is 0.364 e. The highest BCUT2D eigenvalue weighted by Crippen LogP contribution is 2.02. The third-order valence-electron chi connectivity index (χ3n) is 3.00. The van der Waals surface area contributed by atoms with E-state index in [0.29, 0.717) is 13.0 Å². The fraction of sp³-hybridized carbons (Fsp3) is 0.211. The molecular formula is C19H18O2. The van der Waals surface area contributed by atoms with Gasteiger partial charge in [-0.15, -0.1) is 0 Å². The maximum atomic E-state index is 11.6. The Labute approximate surface area is 125 Å². The van der Waals surface area contributed by atoms with Crippen molar-refractivity contribution in [1.29, 1.82) is 0 Å². The molecule has 0 N–H and O–H groups in total. The number of hydrogen-bond acceptors (Lipinski definition) is 2. The van der Waals surface area contributed by atoms with Crippen LogP contribution in [0.4, 0.5) is 0 Å². The fourth-order valence-electron chi connectivity index (χ4n) is 1.89. The third-order valence-corrected chi connectivity index (χ3v) is 3.00. The molecule has 2 aromatic rings. The van der Waals surface area contributed by atoms with Gasteiger partial charge in [-0.2, -0.15) is 0 Å². The number of ether oxygens (including phenoxy) is 1. The number of carbonyl (C=O) groups excluding carboxylic acids is 1. The van der Waals surface area contributed by atoms with Gasteiger partial charge in [-0.25, -0.2) is 0 Å². The van der Waals surface area contributed by atoms with Crippen LogP contribution in [0.2, 0.25) is 0 Å². The maximum absolute atomic E-state index is 11.6. The van der Waals surface area contributed by atoms with Crippen LogP contribution in [-0.4, -0.2) is 12.4 Å². The number of benzene rings is 2. The van der Waals surface area contributed by atoms with Gasteiger partial charge in [0.25, 0.3) is 0 Å². The highest BCUT2D eigenvalue weighted by molar-refractivity contribution is 5.95. The second kappa shape index (κ2) is 8.73. The molecule has 0 atom stereocenters. The van der Waals surface area contributed by atoms with Crippen LogP contribution < -0.4 is 0 Å². The van der Waals surface area contributed by atoms with Crippen molar-refractivity contribution in [3.05, 3.63) is 71.8 Å². The quantitative estimate of drug-likeness (QED) is 0.460. The number of Topliss-reactive ketones (excluding diaryl/α,β-unsaturated/α-hetero) is 1. The SMILES string of the molecule is O=C(C#CCOCc1ccccc1)CCc1ccccc1. The van der Waals surface area contributed by atoms with Gasteiger partial charge in [-0.05, 0) is 23.5 Å². The smallest absolute Gasteiger partial charge is 0.205 e. The van der Waals surface area contributed by atoms with Crippen molar-refractivity contribution in [2.75, 3.05) is 6.61 Å². The first-order valence-electron chi connectivity index (χ1n) is 7.02. The van der Waals surface area contributed by atoms with Gasteiger partial charge in [0.2, 0.25) is 5.78 Å². The highest BCUT2D eigenvalue weighted by atomic mass is 16.5. The molecule has 2 nitrogen and oxygen atoms in total. The van der Waals surface area contributed by atoms with Crippen molar-refractivity contribution >= 4 is 5.78 Å². The molecule has 2 heteroatoms. The van der Waals surface area contributed by atoms with Crippen LogP contribution in [0.15, 0.2) is 60.7 Å². The molecule has 0 aromatic heterocycles. The van der Waals surface area contributed by atoms with Gasteiger partial charge in [0.1, 0.15) is 6.61 Å². The molecule has 0 bridgehead atoms. The summed E-state index contributed by atoms with van der Waals surface area (Å²) < 4.78 is 5.41. The number of carbonyl (C=O) groups is 1. The summed E-state index contributed by atoms with van der Waals surface area (Å²) in [6.07, 6.45) is 1.19. The second-order valence-electron chi connectivity index (χ2n) is 4.69. The summed E-state index contributed by atoms with van der Waals surface area (Å²) in [6, 6.07) is 19.9. The van der Waals surface area contributed by atoms with E-state index in [2.05, 4.69) is 11.8 Å². The molecule has 0 spiro atoms. The van der Waals surface area contributed by atoms with E-state index in [-0.39, 0.29) is 12.4 Å². The zero-order chi connectivity index (χ0) is 14.8. The van der Waals surface area contributed by atoms with Gasteiger partial charge in [-0.1, -0.05) is 66.6 Å². The minimum Gasteiger partial charge on any atom is -0.364 e. The molecule has 0 aliphatic rings. The zero-order valence-corrected chi connectivity index (χ0v) is 11.9. The van der Waals surface area contributed by atoms with Crippen molar-refractivity contribution in [3.8, 4) is 11.8 Å². The summed E-state index contributed by atoms with van der Waals surface area (Å²) in [5.74, 6) is 5.36. The molecule has 0 fully saturated rings. The molecule has 0 heterocycles. The average Bonchev–Trinajstić information content (AvgIpc) is 2.54. The van der Waals surface area contributed by atoms with Gasteiger partial charge in [0.15, 0.2) is 0 Å². The lowest BCUT2D eigenvalue weighted by Gasteiger charge is -1.99. The lowest BCUT2D eigenvalue weighted by atomic mass is 10.1. The van der Waals surface area contributed by atoms with Crippen molar-refractivity contribution in [3.63, 3.8) is 0 Å². The average molecular weight is 278 g/mol. The summed E-state index contributed by atoms with van der Waals surface area (Å²) in [7, 11) is 0. The third kappa shape index (κ3) is 6.07. The Hall–Kier alpha value is -2.37. The Balaban J connectivity index is 1.64. The molecule has 21 heavy (non-hydrogen) atoms. The number of hydrogen-bond donors (Lipinski definition) is 0. The highest BCUT2D eigenvalue weighted by Gasteiger charge is 1.98. The Kier molecular flexibility index (Phi) is 6.25. The van der Waals surface area contributed by atoms with Crippen molar-refractivity contribution in [1.82, 2.24) is 0 Å².